The van der Waals surface area contributed by atoms with Gasteiger partial charge in [-0.1, -0.05) is 12.8 Å². The first-order chi connectivity index (χ1) is 9.34. The number of nitrogens with one attached hydrogen (secondary N) is 1. The van der Waals surface area contributed by atoms with E-state index >= 15 is 0 Å². The average Bonchev–Trinajstić information content (AvgIpc) is 2.72. The Morgan fingerprint density at radius 2 is 2.20 bits per heavy atom. The Kier molecular flexibility index (Phi) is 4.54. The van der Waals surface area contributed by atoms with Gasteiger partial charge in [0.15, 0.2) is 0 Å². The maximum absolute atomic E-state index is 12.3. The molecule has 110 valence electrons. The Bertz CT molecular complexity index is 523. The summed E-state index contributed by atoms with van der Waals surface area (Å²) in [7, 11) is 0. The third-order valence-electron chi connectivity index (χ3n) is 4.08. The molecule has 0 saturated heterocycles. The highest BCUT2D eigenvalue weighted by Gasteiger charge is 2.44. The summed E-state index contributed by atoms with van der Waals surface area (Å²) in [5.41, 5.74) is 0.155. The number of hydrogen-bond donors (Lipinski definition) is 2. The molecule has 2 unspecified atom stereocenters. The number of carboxylic acids is 1. The highest BCUT2D eigenvalue weighted by atomic mass is 79.9. The molecule has 6 heteroatoms. The fourth-order valence-electron chi connectivity index (χ4n) is 2.62. The summed E-state index contributed by atoms with van der Waals surface area (Å²) in [4.78, 5) is 24.4. The third kappa shape index (κ3) is 2.91. The quantitative estimate of drug-likeness (QED) is 0.866. The number of halogens is 1. The first-order valence-electron chi connectivity index (χ1n) is 6.65. The lowest BCUT2D eigenvalue weighted by molar-refractivity contribution is -0.151. The summed E-state index contributed by atoms with van der Waals surface area (Å²) in [6.07, 6.45) is 3.19. The number of thiophene rings is 1. The SMILES string of the molecule is Cc1cc(C(=O)NC2CCCCC2(C)C(=O)O)sc1Br. The van der Waals surface area contributed by atoms with Gasteiger partial charge < -0.3 is 10.4 Å². The van der Waals surface area contributed by atoms with Crippen LogP contribution in [-0.2, 0) is 4.79 Å². The largest absolute Gasteiger partial charge is 0.481 e. The number of aliphatic carboxylic acids is 1. The Hall–Kier alpha value is -0.880. The summed E-state index contributed by atoms with van der Waals surface area (Å²) in [6.45, 7) is 3.66. The van der Waals surface area contributed by atoms with Gasteiger partial charge in [-0.05, 0) is 54.2 Å². The predicted octanol–water partition coefficient (Wildman–Crippen LogP) is 3.58. The van der Waals surface area contributed by atoms with Gasteiger partial charge >= 0.3 is 5.97 Å². The maximum atomic E-state index is 12.3. The number of carbonyl (C=O) groups is 2. The highest BCUT2D eigenvalue weighted by Crippen LogP contribution is 2.37. The molecule has 20 heavy (non-hydrogen) atoms. The summed E-state index contributed by atoms with van der Waals surface area (Å²) >= 11 is 4.78. The lowest BCUT2D eigenvalue weighted by Crippen LogP contribution is -2.52. The first-order valence-corrected chi connectivity index (χ1v) is 8.26. The van der Waals surface area contributed by atoms with E-state index in [9.17, 15) is 14.7 Å². The molecule has 2 rings (SSSR count). The van der Waals surface area contributed by atoms with Gasteiger partial charge in [0.05, 0.1) is 14.1 Å². The van der Waals surface area contributed by atoms with E-state index in [2.05, 4.69) is 21.2 Å². The Balaban J connectivity index is 2.15. The van der Waals surface area contributed by atoms with Crippen LogP contribution in [0.25, 0.3) is 0 Å². The number of aryl methyl sites for hydroxylation is 1. The molecule has 0 aliphatic heterocycles. The van der Waals surface area contributed by atoms with E-state index in [0.717, 1.165) is 28.6 Å². The lowest BCUT2D eigenvalue weighted by Gasteiger charge is -2.38. The number of carboxylic acid groups (broad SMARTS) is 1. The molecule has 1 fully saturated rings. The van der Waals surface area contributed by atoms with Crippen LogP contribution in [0.4, 0.5) is 0 Å². The maximum Gasteiger partial charge on any atom is 0.311 e. The monoisotopic (exact) mass is 359 g/mol. The number of carbonyl (C=O) groups excluding carboxylic acids is 1. The number of amides is 1. The van der Waals surface area contributed by atoms with Crippen molar-refractivity contribution in [2.45, 2.75) is 45.6 Å². The molecule has 1 saturated carbocycles. The fourth-order valence-corrected chi connectivity index (χ4v) is 4.06. The van der Waals surface area contributed by atoms with Crippen molar-refractivity contribution in [3.63, 3.8) is 0 Å². The van der Waals surface area contributed by atoms with Crippen molar-refractivity contribution in [1.82, 2.24) is 5.32 Å². The topological polar surface area (TPSA) is 66.4 Å². The van der Waals surface area contributed by atoms with Crippen molar-refractivity contribution in [2.75, 3.05) is 0 Å². The van der Waals surface area contributed by atoms with Crippen LogP contribution in [0.2, 0.25) is 0 Å². The van der Waals surface area contributed by atoms with Crippen LogP contribution in [0, 0.1) is 12.3 Å². The lowest BCUT2D eigenvalue weighted by atomic mass is 9.71. The average molecular weight is 360 g/mol. The fraction of sp³-hybridized carbons (Fsp3) is 0.571. The van der Waals surface area contributed by atoms with E-state index in [1.54, 1.807) is 6.92 Å². The molecule has 1 aromatic heterocycles. The van der Waals surface area contributed by atoms with Gasteiger partial charge in [-0.3, -0.25) is 9.59 Å². The zero-order chi connectivity index (χ0) is 14.9. The number of hydrogen-bond acceptors (Lipinski definition) is 3. The Labute approximate surface area is 130 Å². The van der Waals surface area contributed by atoms with Crippen LogP contribution in [0.3, 0.4) is 0 Å². The van der Waals surface area contributed by atoms with E-state index in [-0.39, 0.29) is 11.9 Å². The minimum atomic E-state index is -0.864. The van der Waals surface area contributed by atoms with Crippen LogP contribution in [0.5, 0.6) is 0 Å². The molecular formula is C14H18BrNO3S. The van der Waals surface area contributed by atoms with E-state index in [1.165, 1.54) is 11.3 Å². The minimum absolute atomic E-state index is 0.178. The van der Waals surface area contributed by atoms with Gasteiger partial charge in [-0.15, -0.1) is 11.3 Å². The van der Waals surface area contributed by atoms with Gasteiger partial charge in [0.25, 0.3) is 5.91 Å². The smallest absolute Gasteiger partial charge is 0.311 e. The first kappa shape index (κ1) is 15.5. The van der Waals surface area contributed by atoms with E-state index in [4.69, 9.17) is 0 Å². The molecule has 2 atom stereocenters. The van der Waals surface area contributed by atoms with Gasteiger partial charge in [-0.25, -0.2) is 0 Å². The molecule has 1 aromatic rings. The second-order valence-corrected chi connectivity index (χ2v) is 7.93. The van der Waals surface area contributed by atoms with Crippen molar-refractivity contribution in [3.05, 3.63) is 20.3 Å². The van der Waals surface area contributed by atoms with Gasteiger partial charge in [-0.2, -0.15) is 0 Å². The van der Waals surface area contributed by atoms with Gasteiger partial charge in [0.1, 0.15) is 0 Å². The normalized spacial score (nSPS) is 26.2. The Morgan fingerprint density at radius 1 is 1.50 bits per heavy atom. The number of rotatable bonds is 3. The molecular weight excluding hydrogens is 342 g/mol. The van der Waals surface area contributed by atoms with Gasteiger partial charge in [0, 0.05) is 6.04 Å². The van der Waals surface area contributed by atoms with Crippen LogP contribution < -0.4 is 5.32 Å². The van der Waals surface area contributed by atoms with Crippen molar-refractivity contribution in [2.24, 2.45) is 5.41 Å². The van der Waals surface area contributed by atoms with Gasteiger partial charge in [0.2, 0.25) is 0 Å². The minimum Gasteiger partial charge on any atom is -0.481 e. The van der Waals surface area contributed by atoms with Crippen LogP contribution >= 0.6 is 27.3 Å². The van der Waals surface area contributed by atoms with E-state index in [0.29, 0.717) is 11.3 Å². The highest BCUT2D eigenvalue weighted by molar-refractivity contribution is 9.11. The zero-order valence-corrected chi connectivity index (χ0v) is 13.9. The van der Waals surface area contributed by atoms with Crippen LogP contribution in [-0.4, -0.2) is 23.0 Å². The van der Waals surface area contributed by atoms with Crippen molar-refractivity contribution in [3.8, 4) is 0 Å². The summed E-state index contributed by atoms with van der Waals surface area (Å²) in [5, 5.41) is 12.4. The van der Waals surface area contributed by atoms with Crippen LogP contribution in [0.15, 0.2) is 9.85 Å². The molecule has 0 aromatic carbocycles. The molecule has 1 aliphatic rings. The summed E-state index contributed by atoms with van der Waals surface area (Å²) < 4.78 is 0.937. The summed E-state index contributed by atoms with van der Waals surface area (Å²) in [5.74, 6) is -1.01. The molecule has 1 heterocycles. The predicted molar refractivity (Wildman–Crippen MR) is 82.2 cm³/mol. The molecule has 0 radical (unpaired) electrons. The molecule has 4 nitrogen and oxygen atoms in total. The molecule has 0 bridgehead atoms. The van der Waals surface area contributed by atoms with Crippen LogP contribution in [0.1, 0.15) is 47.8 Å². The van der Waals surface area contributed by atoms with Crippen molar-refractivity contribution >= 4 is 39.1 Å². The van der Waals surface area contributed by atoms with Crippen molar-refractivity contribution in [1.29, 1.82) is 0 Å². The van der Waals surface area contributed by atoms with Crippen molar-refractivity contribution < 1.29 is 14.7 Å². The second-order valence-electron chi connectivity index (χ2n) is 5.56. The van der Waals surface area contributed by atoms with E-state index in [1.807, 2.05) is 13.0 Å². The molecule has 1 amide bonds. The van der Waals surface area contributed by atoms with E-state index < -0.39 is 11.4 Å². The third-order valence-corrected chi connectivity index (χ3v) is 6.22. The zero-order valence-electron chi connectivity index (χ0n) is 11.5. The standard InChI is InChI=1S/C14H18BrNO3S/c1-8-7-9(20-11(8)15)12(17)16-10-5-3-4-6-14(10,2)13(18)19/h7,10H,3-6H2,1-2H3,(H,16,17)(H,18,19). The summed E-state index contributed by atoms with van der Waals surface area (Å²) in [6, 6.07) is 1.52. The Morgan fingerprint density at radius 3 is 2.75 bits per heavy atom. The molecule has 1 aliphatic carbocycles. The molecule has 2 N–H and O–H groups in total. The second kappa shape index (κ2) is 5.85. The molecule has 0 spiro atoms.